The Balaban J connectivity index is 2.07. The van der Waals surface area contributed by atoms with E-state index in [2.05, 4.69) is 0 Å². The molecule has 0 aliphatic carbocycles. The fourth-order valence-corrected chi connectivity index (χ4v) is 2.71. The number of urea groups is 1. The van der Waals surface area contributed by atoms with Crippen LogP contribution in [0.5, 0.6) is 11.5 Å². The fourth-order valence-electron chi connectivity index (χ4n) is 2.71. The van der Waals surface area contributed by atoms with Gasteiger partial charge in [-0.1, -0.05) is 6.07 Å². The lowest BCUT2D eigenvalue weighted by atomic mass is 10.2. The Labute approximate surface area is 157 Å². The third-order valence-corrected chi connectivity index (χ3v) is 4.19. The van der Waals surface area contributed by atoms with E-state index >= 15 is 0 Å². The molecule has 1 saturated heterocycles. The van der Waals surface area contributed by atoms with Crippen LogP contribution in [-0.4, -0.2) is 72.3 Å². The minimum Gasteiger partial charge on any atom is -0.493 e. The maximum absolute atomic E-state index is 12.4. The van der Waals surface area contributed by atoms with E-state index in [1.54, 1.807) is 39.1 Å². The van der Waals surface area contributed by atoms with E-state index in [9.17, 15) is 19.2 Å². The third kappa shape index (κ3) is 4.02. The summed E-state index contributed by atoms with van der Waals surface area (Å²) in [5, 5.41) is 0. The van der Waals surface area contributed by atoms with Crippen LogP contribution in [0.1, 0.15) is 19.4 Å². The second kappa shape index (κ2) is 8.07. The quantitative estimate of drug-likeness (QED) is 0.517. The van der Waals surface area contributed by atoms with Gasteiger partial charge in [-0.15, -0.1) is 0 Å². The van der Waals surface area contributed by atoms with Crippen molar-refractivity contribution < 1.29 is 28.7 Å². The van der Waals surface area contributed by atoms with Gasteiger partial charge in [0.25, 0.3) is 0 Å². The first-order valence-corrected chi connectivity index (χ1v) is 8.35. The van der Waals surface area contributed by atoms with Crippen molar-refractivity contribution in [1.29, 1.82) is 0 Å². The Morgan fingerprint density at radius 3 is 2.22 bits per heavy atom. The van der Waals surface area contributed by atoms with Crippen molar-refractivity contribution in [2.75, 3.05) is 27.8 Å². The standard InChI is InChI=1S/C18H23N3O6/c1-11(2)21-17(24)16(23)20(18(21)25)10-15(22)19(3)9-12-6-7-13(26-4)14(8-12)27-5/h6-8,11H,9-10H2,1-5H3. The minimum absolute atomic E-state index is 0.233. The average molecular weight is 377 g/mol. The number of carbonyl (C=O) groups excluding carboxylic acids is 4. The van der Waals surface area contributed by atoms with Gasteiger partial charge in [0.15, 0.2) is 11.5 Å². The van der Waals surface area contributed by atoms with E-state index in [1.165, 1.54) is 19.1 Å². The number of benzene rings is 1. The number of amides is 5. The van der Waals surface area contributed by atoms with Gasteiger partial charge in [0.2, 0.25) is 5.91 Å². The smallest absolute Gasteiger partial charge is 0.334 e. The molecule has 146 valence electrons. The van der Waals surface area contributed by atoms with Crippen LogP contribution in [0.2, 0.25) is 0 Å². The Morgan fingerprint density at radius 2 is 1.70 bits per heavy atom. The average Bonchev–Trinajstić information content (AvgIpc) is 2.84. The zero-order valence-electron chi connectivity index (χ0n) is 16.0. The molecule has 0 bridgehead atoms. The zero-order chi connectivity index (χ0) is 20.3. The first-order chi connectivity index (χ1) is 12.7. The molecule has 1 aliphatic rings. The van der Waals surface area contributed by atoms with E-state index in [0.717, 1.165) is 10.5 Å². The number of likely N-dealkylation sites (N-methyl/N-ethyl adjacent to an activating group) is 1. The summed E-state index contributed by atoms with van der Waals surface area (Å²) in [6.07, 6.45) is 0. The molecule has 9 nitrogen and oxygen atoms in total. The molecule has 1 aromatic rings. The molecule has 1 aliphatic heterocycles. The number of hydrogen-bond donors (Lipinski definition) is 0. The molecule has 2 rings (SSSR count). The van der Waals surface area contributed by atoms with Crippen LogP contribution in [-0.2, 0) is 20.9 Å². The van der Waals surface area contributed by atoms with E-state index in [0.29, 0.717) is 16.4 Å². The SMILES string of the molecule is COc1ccc(CN(C)C(=O)CN2C(=O)C(=O)N(C(C)C)C2=O)cc1OC. The molecule has 0 spiro atoms. The number of rotatable bonds is 7. The normalized spacial score (nSPS) is 14.2. The molecule has 0 aromatic heterocycles. The summed E-state index contributed by atoms with van der Waals surface area (Å²) in [6.45, 7) is 2.99. The molecule has 0 N–H and O–H groups in total. The van der Waals surface area contributed by atoms with Gasteiger partial charge in [0, 0.05) is 19.6 Å². The van der Waals surface area contributed by atoms with Crippen molar-refractivity contribution in [1.82, 2.24) is 14.7 Å². The summed E-state index contributed by atoms with van der Waals surface area (Å²) in [6, 6.07) is 4.01. The van der Waals surface area contributed by atoms with E-state index in [1.807, 2.05) is 0 Å². The van der Waals surface area contributed by atoms with Gasteiger partial charge in [-0.05, 0) is 31.5 Å². The molecule has 0 atom stereocenters. The molecule has 5 amide bonds. The van der Waals surface area contributed by atoms with Crippen molar-refractivity contribution in [2.45, 2.75) is 26.4 Å². The van der Waals surface area contributed by atoms with Gasteiger partial charge in [-0.2, -0.15) is 0 Å². The fraction of sp³-hybridized carbons (Fsp3) is 0.444. The molecule has 1 fully saturated rings. The van der Waals surface area contributed by atoms with Gasteiger partial charge in [-0.3, -0.25) is 19.3 Å². The third-order valence-electron chi connectivity index (χ3n) is 4.19. The minimum atomic E-state index is -0.985. The van der Waals surface area contributed by atoms with Crippen molar-refractivity contribution >= 4 is 23.8 Å². The Morgan fingerprint density at radius 1 is 1.07 bits per heavy atom. The van der Waals surface area contributed by atoms with Gasteiger partial charge >= 0.3 is 17.8 Å². The Kier molecular flexibility index (Phi) is 6.04. The van der Waals surface area contributed by atoms with Gasteiger partial charge < -0.3 is 14.4 Å². The topological polar surface area (TPSA) is 96.5 Å². The van der Waals surface area contributed by atoms with Gasteiger partial charge in [0.1, 0.15) is 6.54 Å². The first-order valence-electron chi connectivity index (χ1n) is 8.35. The summed E-state index contributed by atoms with van der Waals surface area (Å²) in [5.41, 5.74) is 0.780. The second-order valence-corrected chi connectivity index (χ2v) is 6.38. The van der Waals surface area contributed by atoms with Gasteiger partial charge in [0.05, 0.1) is 14.2 Å². The van der Waals surface area contributed by atoms with Crippen LogP contribution < -0.4 is 9.47 Å². The van der Waals surface area contributed by atoms with Crippen molar-refractivity contribution in [3.05, 3.63) is 23.8 Å². The zero-order valence-corrected chi connectivity index (χ0v) is 16.0. The number of nitrogens with zero attached hydrogens (tertiary/aromatic N) is 3. The number of hydrogen-bond acceptors (Lipinski definition) is 6. The molecule has 27 heavy (non-hydrogen) atoms. The highest BCUT2D eigenvalue weighted by molar-refractivity contribution is 6.45. The lowest BCUT2D eigenvalue weighted by molar-refractivity contribution is -0.145. The van der Waals surface area contributed by atoms with E-state index < -0.39 is 36.3 Å². The van der Waals surface area contributed by atoms with Crippen LogP contribution in [0.25, 0.3) is 0 Å². The first kappa shape index (κ1) is 20.2. The maximum Gasteiger partial charge on any atom is 0.334 e. The molecule has 1 aromatic carbocycles. The number of methoxy groups -OCH3 is 2. The summed E-state index contributed by atoms with van der Waals surface area (Å²) >= 11 is 0. The maximum atomic E-state index is 12.4. The molecule has 1 heterocycles. The molecule has 9 heteroatoms. The lowest BCUT2D eigenvalue weighted by Crippen LogP contribution is -2.42. The van der Waals surface area contributed by atoms with Crippen molar-refractivity contribution in [2.24, 2.45) is 0 Å². The van der Waals surface area contributed by atoms with Crippen LogP contribution >= 0.6 is 0 Å². The van der Waals surface area contributed by atoms with Crippen molar-refractivity contribution in [3.8, 4) is 11.5 Å². The Bertz CT molecular complexity index is 776. The van der Waals surface area contributed by atoms with Crippen LogP contribution in [0.3, 0.4) is 0 Å². The van der Waals surface area contributed by atoms with Crippen LogP contribution in [0.4, 0.5) is 4.79 Å². The predicted octanol–water partition coefficient (Wildman–Crippen LogP) is 0.861. The molecular formula is C18H23N3O6. The molecular weight excluding hydrogens is 354 g/mol. The summed E-state index contributed by atoms with van der Waals surface area (Å²) in [7, 11) is 4.59. The summed E-state index contributed by atoms with van der Waals surface area (Å²) in [5.74, 6) is -1.27. The number of carbonyl (C=O) groups is 4. The largest absolute Gasteiger partial charge is 0.493 e. The molecule has 0 radical (unpaired) electrons. The van der Waals surface area contributed by atoms with Crippen LogP contribution in [0, 0.1) is 0 Å². The summed E-state index contributed by atoms with van der Waals surface area (Å²) < 4.78 is 10.4. The highest BCUT2D eigenvalue weighted by Crippen LogP contribution is 2.28. The predicted molar refractivity (Wildman–Crippen MR) is 95.1 cm³/mol. The second-order valence-electron chi connectivity index (χ2n) is 6.38. The molecule has 0 unspecified atom stereocenters. The van der Waals surface area contributed by atoms with Crippen molar-refractivity contribution in [3.63, 3.8) is 0 Å². The number of ether oxygens (including phenoxy) is 2. The van der Waals surface area contributed by atoms with Gasteiger partial charge in [-0.25, -0.2) is 9.69 Å². The lowest BCUT2D eigenvalue weighted by Gasteiger charge is -2.22. The monoisotopic (exact) mass is 377 g/mol. The molecule has 0 saturated carbocycles. The summed E-state index contributed by atoms with van der Waals surface area (Å²) in [4.78, 5) is 51.5. The number of imide groups is 2. The van der Waals surface area contributed by atoms with Crippen LogP contribution in [0.15, 0.2) is 18.2 Å². The highest BCUT2D eigenvalue weighted by Gasteiger charge is 2.46. The Hall–Kier alpha value is -3.10. The van der Waals surface area contributed by atoms with E-state index in [-0.39, 0.29) is 6.54 Å². The van der Waals surface area contributed by atoms with E-state index in [4.69, 9.17) is 9.47 Å². The highest BCUT2D eigenvalue weighted by atomic mass is 16.5.